The molecule has 0 N–H and O–H groups in total. The van der Waals surface area contributed by atoms with Crippen molar-refractivity contribution in [2.75, 3.05) is 78.1 Å². The van der Waals surface area contributed by atoms with E-state index in [2.05, 4.69) is 15.0 Å². The Kier molecular flexibility index (Phi) is 20.4. The molecule has 3 unspecified atom stereocenters. The van der Waals surface area contributed by atoms with Gasteiger partial charge in [-0.2, -0.15) is 54.5 Å². The lowest BCUT2D eigenvalue weighted by Gasteiger charge is -2.33. The van der Waals surface area contributed by atoms with Gasteiger partial charge in [0.1, 0.15) is 36.9 Å². The van der Waals surface area contributed by atoms with Crippen LogP contribution in [0.5, 0.6) is 0 Å². The fraction of sp³-hybridized carbons (Fsp3) is 0.378. The Balaban J connectivity index is 0.000000239. The maximum absolute atomic E-state index is 15.5. The van der Waals surface area contributed by atoms with E-state index in [1.54, 1.807) is 0 Å². The van der Waals surface area contributed by atoms with Crippen molar-refractivity contribution in [2.45, 2.75) is 197 Å². The summed E-state index contributed by atoms with van der Waals surface area (Å²) in [5, 5.41) is -2.53. The second-order valence-electron chi connectivity index (χ2n) is 30.3. The highest BCUT2D eigenvalue weighted by molar-refractivity contribution is 7.98. The zero-order valence-electron chi connectivity index (χ0n) is 130. The van der Waals surface area contributed by atoms with E-state index in [1.807, 2.05) is 0 Å². The maximum Gasteiger partial charge on any atom is 0.416 e. The molecule has 3 atom stereocenters. The number of aromatic nitrogens is 6. The van der Waals surface area contributed by atoms with Crippen LogP contribution in [0.1, 0.15) is 231 Å². The topological polar surface area (TPSA) is 175 Å². The van der Waals surface area contributed by atoms with E-state index in [0.29, 0.717) is 60.5 Å². The fourth-order valence-electron chi connectivity index (χ4n) is 13.3. The van der Waals surface area contributed by atoms with Gasteiger partial charge in [0.25, 0.3) is 16.7 Å². The largest absolute Gasteiger partial charge is 0.416 e. The SMILES string of the molecule is [2H]C([2H])(C)N(C([2H])([2H])C)C([2H])([2H])C([2H])([2H])N(C(=O)C([2H])([2H])n1c(SCc2ccc(F)cc2)nc(=O)c2c1C([2H])([2H])C([2H])(C)C2([2H])[2H])C([2H])([2H])c1ccc(-c2ccc(C(F)(F)F)cc2)cc1.[2H]C([2H])(C)N(C([2H])([2H])C)C([2H])([2H])C([2H])([2H])N(C(=O)C([2H])([2H])n1c(SCc2ccc(F)cc2)nc(=O)c2c1CCC2)C([2H])(C)c1ccc(-c2ccc(C(F)(F)F)cc2)cc1.[2H]c1c([2H])c(CSc2nc(=O)c3c(n2C([2H])([2H])C(=O)N(C([2H])([2H])c2c([2H])c([2H])c(-c4c([2H])c([2H])c(C(F)(F)F)c([2H])c4[2H])c([2H])c2[2H])C([2H])([2H])C([2H])([2H])N(CC)CC)C([2H])([2H])C([2H])(C)C3([2H])[2H])c([2H])c([2H])c1F. The zero-order valence-corrected chi connectivity index (χ0v) is 79.5. The van der Waals surface area contributed by atoms with Crippen LogP contribution >= 0.6 is 35.3 Å². The quantitative estimate of drug-likeness (QED) is 0.0202. The monoisotopic (exact) mass is 2090 g/mol. The third kappa shape index (κ3) is 29.3. The molecule has 0 saturated heterocycles. The van der Waals surface area contributed by atoms with Crippen molar-refractivity contribution >= 4 is 53.0 Å². The second kappa shape index (κ2) is 50.3. The first-order valence-electron chi connectivity index (χ1n) is 69.4. The molecule has 144 heavy (non-hydrogen) atoms. The van der Waals surface area contributed by atoms with Gasteiger partial charge in [0.05, 0.1) is 62.5 Å². The molecule has 0 aliphatic heterocycles. The highest BCUT2D eigenvalue weighted by Gasteiger charge is 2.36. The Labute approximate surface area is 919 Å². The second-order valence-corrected chi connectivity index (χ2v) is 33.1. The van der Waals surface area contributed by atoms with Crippen molar-refractivity contribution in [1.82, 2.24) is 58.1 Å². The number of nitrogens with zero attached hydrogens (tertiary/aromatic N) is 12. The fourth-order valence-corrected chi connectivity index (χ4v) is 16.0. The Bertz CT molecular complexity index is 9370. The van der Waals surface area contributed by atoms with Crippen molar-refractivity contribution in [1.29, 1.82) is 0 Å². The molecule has 0 radical (unpaired) electrons. The molecule has 12 aromatic rings. The summed E-state index contributed by atoms with van der Waals surface area (Å²) < 4.78 is 632. The number of amides is 3. The minimum absolute atomic E-state index is 0.00354. The van der Waals surface area contributed by atoms with Gasteiger partial charge in [0.15, 0.2) is 15.5 Å². The lowest BCUT2D eigenvalue weighted by atomic mass is 9.99. The van der Waals surface area contributed by atoms with Crippen LogP contribution in [0.25, 0.3) is 33.4 Å². The zero-order chi connectivity index (χ0) is 151. The number of hydrogen-bond donors (Lipinski definition) is 0. The number of thioether (sulfide) groups is 3. The molecule has 3 amide bonds. The summed E-state index contributed by atoms with van der Waals surface area (Å²) in [4.78, 5) is 96.5. The number of fused-ring (bicyclic) bond motifs is 3. The highest BCUT2D eigenvalue weighted by atomic mass is 32.2. The number of carbonyl (C=O) groups excluding carboxylic acids is 3. The molecule has 3 heterocycles. The molecule has 33 heteroatoms. The summed E-state index contributed by atoms with van der Waals surface area (Å²) in [5.74, 6) is -17.3. The molecule has 3 aliphatic rings. The van der Waals surface area contributed by atoms with Gasteiger partial charge in [0, 0.05) is 136 Å². The Morgan fingerprint density at radius 2 is 0.757 bits per heavy atom. The van der Waals surface area contributed by atoms with Crippen LogP contribution in [-0.4, -0.2) is 154 Å². The molecule has 0 saturated carbocycles. The molecule has 3 aliphatic carbocycles. The summed E-state index contributed by atoms with van der Waals surface area (Å²) in [7, 11) is 0. The molecule has 0 bridgehead atoms. The molecular weight excluding hydrogens is 1920 g/mol. The molecule has 0 spiro atoms. The Morgan fingerprint density at radius 1 is 0.403 bits per heavy atom. The molecule has 762 valence electrons. The predicted molar refractivity (Wildman–Crippen MR) is 544 cm³/mol. The average molecular weight is 2100 g/mol. The van der Waals surface area contributed by atoms with Gasteiger partial charge in [-0.15, -0.1) is 0 Å². The Hall–Kier alpha value is -11.9. The molecule has 3 aromatic heterocycles. The number of carbonyl (C=O) groups is 3. The average Bonchev–Trinajstić information content (AvgIpc) is 1.51. The lowest BCUT2D eigenvalue weighted by molar-refractivity contribution is -0.138. The van der Waals surface area contributed by atoms with E-state index >= 15 is 14.4 Å². The van der Waals surface area contributed by atoms with Crippen molar-refractivity contribution in [3.63, 3.8) is 0 Å². The van der Waals surface area contributed by atoms with Crippen LogP contribution in [0, 0.1) is 29.2 Å². The summed E-state index contributed by atoms with van der Waals surface area (Å²) >= 11 is 1.21. The first kappa shape index (κ1) is 58.5. The molecular formula is C111H120F12N12O6S3. The van der Waals surface area contributed by atoms with Crippen molar-refractivity contribution in [3.8, 4) is 33.4 Å². The van der Waals surface area contributed by atoms with Crippen molar-refractivity contribution in [2.24, 2.45) is 11.8 Å². The minimum Gasteiger partial charge on any atom is -0.336 e. The van der Waals surface area contributed by atoms with Crippen LogP contribution in [0.4, 0.5) is 52.7 Å². The molecule has 9 aromatic carbocycles. The summed E-state index contributed by atoms with van der Waals surface area (Å²) in [6.07, 6.45) is -28.0. The third-order valence-electron chi connectivity index (χ3n) is 20.6. The number of alkyl halides is 9. The summed E-state index contributed by atoms with van der Waals surface area (Å²) in [5.41, 5.74) is -17.6. The van der Waals surface area contributed by atoms with E-state index in [4.69, 9.17) is 49.3 Å². The number of rotatable bonds is 39. The standard InChI is InChI=1S/3C37H40F4N4O2S/c2*1-4-43(5-2)18-19-44(22-26-6-10-28(11-7-26)29-12-14-30(15-13-29)37(39,40)41)34(46)23-45-33-21-25(3)20-32(33)35(47)42-36(45)48-24-27-8-16-31(38)17-9-27;1-4-43(5-2)21-22-44(25(3)27-11-13-28(14-12-27)29-15-17-30(18-16-29)37(39,40)41)34(46)23-45-33-8-6-7-32(33)35(47)42-36(45)48-24-26-9-19-31(38)20-10-26/h2*6-17,25H,4-5,18-24H2,1-3H3;9-20,25H,4-8,21-24H2,1-3H3/i6D,7D,8D,9D,10D,11D,12D,13D,14D,15D,16D,17D,18D2,19D2,20D2,21D2,22D2,23D2,25D;4D2,5D2,18D2,19D2,20D2,21D2,22D2,23D2,25D;4D2,5D2,21D2,22D2,23D2,25D. The van der Waals surface area contributed by atoms with E-state index in [9.17, 15) is 90.4 Å². The van der Waals surface area contributed by atoms with Crippen LogP contribution in [0.3, 0.4) is 0 Å². The number of halogens is 12. The predicted octanol–water partition coefficient (Wildman–Crippen LogP) is 22.7. The van der Waals surface area contributed by atoms with Crippen LogP contribution in [-0.2, 0) is 121 Å². The van der Waals surface area contributed by atoms with Gasteiger partial charge < -0.3 is 43.1 Å². The van der Waals surface area contributed by atoms with Gasteiger partial charge in [-0.3, -0.25) is 28.8 Å². The highest BCUT2D eigenvalue weighted by Crippen LogP contribution is 2.39. The lowest BCUT2D eigenvalue weighted by Crippen LogP contribution is -2.42. The normalized spacial score (nSPS) is 23.6. The number of benzene rings is 9. The maximum atomic E-state index is 15.5. The summed E-state index contributed by atoms with van der Waals surface area (Å²) in [6.45, 7) is -50.4. The van der Waals surface area contributed by atoms with Crippen molar-refractivity contribution < 1.29 is 140 Å². The van der Waals surface area contributed by atoms with Crippen LogP contribution < -0.4 is 16.7 Å². The van der Waals surface area contributed by atoms with E-state index in [-0.39, 0.29) is 98.6 Å². The molecule has 15 rings (SSSR count). The van der Waals surface area contributed by atoms with E-state index < -0.39 is 390 Å². The van der Waals surface area contributed by atoms with Gasteiger partial charge in [-0.1, -0.05) is 236 Å². The van der Waals surface area contributed by atoms with Crippen LogP contribution in [0.15, 0.2) is 248 Å². The molecule has 0 fully saturated rings. The third-order valence-corrected chi connectivity index (χ3v) is 23.6. The first-order chi connectivity index (χ1) is 89.0. The van der Waals surface area contributed by atoms with Gasteiger partial charge >= 0.3 is 18.5 Å². The van der Waals surface area contributed by atoms with E-state index in [1.165, 1.54) is 86.6 Å². The number of likely N-dealkylation sites (N-methyl/N-ethyl adjacent to an activating group) is 3. The first-order valence-corrected chi connectivity index (χ1v) is 45.9. The van der Waals surface area contributed by atoms with Gasteiger partial charge in [-0.25, -0.2) is 13.2 Å². The Morgan fingerprint density at radius 3 is 1.17 bits per heavy atom. The van der Waals surface area contributed by atoms with E-state index in [0.717, 1.165) is 117 Å². The number of hydrogen-bond acceptors (Lipinski definition) is 15. The van der Waals surface area contributed by atoms with Crippen LogP contribution in [0.2, 0.25) is 0 Å². The minimum atomic E-state index is -5.50. The van der Waals surface area contributed by atoms with Crippen molar-refractivity contribution in [3.05, 3.63) is 350 Å². The summed E-state index contributed by atoms with van der Waals surface area (Å²) in [6, 6.07) is 6.29. The molecule has 18 nitrogen and oxygen atoms in total. The smallest absolute Gasteiger partial charge is 0.336 e. The van der Waals surface area contributed by atoms with Gasteiger partial charge in [-0.05, 0) is 242 Å². The van der Waals surface area contributed by atoms with Gasteiger partial charge in [0.2, 0.25) is 17.7 Å².